The lowest BCUT2D eigenvalue weighted by molar-refractivity contribution is -0.159. The molecule has 1 atom stereocenters. The van der Waals surface area contributed by atoms with Gasteiger partial charge in [-0.15, -0.1) is 0 Å². The molecule has 0 aliphatic heterocycles. The molecule has 0 amide bonds. The Bertz CT molecular complexity index is 1040. The van der Waals surface area contributed by atoms with E-state index in [1.807, 2.05) is 24.3 Å². The fourth-order valence-electron chi connectivity index (χ4n) is 2.52. The number of imidazole rings is 1. The second-order valence-electron chi connectivity index (χ2n) is 6.22. The van der Waals surface area contributed by atoms with Crippen LogP contribution in [0.2, 0.25) is 10.0 Å². The van der Waals surface area contributed by atoms with E-state index in [9.17, 15) is 5.11 Å². The van der Waals surface area contributed by atoms with E-state index in [4.69, 9.17) is 47.7 Å². The van der Waals surface area contributed by atoms with Gasteiger partial charge in [-0.25, -0.2) is 14.6 Å². The number of benzene rings is 2. The number of aliphatic hydroxyl groups is 1. The fraction of sp³-hybridized carbons (Fsp3) is 0.150. The first-order chi connectivity index (χ1) is 14.6. The zero-order valence-electron chi connectivity index (χ0n) is 15.8. The minimum atomic E-state index is -1.82. The molecule has 0 bridgehead atoms. The summed E-state index contributed by atoms with van der Waals surface area (Å²) in [6, 6.07) is 12.5. The lowest BCUT2D eigenvalue weighted by atomic mass is 9.94. The Balaban J connectivity index is 0.000000501. The van der Waals surface area contributed by atoms with Crippen molar-refractivity contribution >= 4 is 51.1 Å². The van der Waals surface area contributed by atoms with Gasteiger partial charge in [-0.1, -0.05) is 41.4 Å². The summed E-state index contributed by atoms with van der Waals surface area (Å²) < 4.78 is 8.45. The van der Waals surface area contributed by atoms with E-state index >= 15 is 0 Å². The van der Waals surface area contributed by atoms with E-state index in [-0.39, 0.29) is 13.2 Å². The van der Waals surface area contributed by atoms with Crippen LogP contribution < -0.4 is 4.74 Å². The van der Waals surface area contributed by atoms with Crippen molar-refractivity contribution in [2.45, 2.75) is 12.1 Å². The van der Waals surface area contributed by atoms with Gasteiger partial charge in [-0.2, -0.15) is 0 Å². The van der Waals surface area contributed by atoms with Crippen molar-refractivity contribution in [1.29, 1.82) is 0 Å². The minimum absolute atomic E-state index is 0.00907. The molecule has 1 unspecified atom stereocenters. The fourth-order valence-corrected chi connectivity index (χ4v) is 3.50. The molecule has 3 N–H and O–H groups in total. The number of aliphatic carboxylic acids is 2. The number of nitrogens with zero attached hydrogens (tertiary/aromatic N) is 2. The first kappa shape index (κ1) is 24.7. The first-order valence-corrected chi connectivity index (χ1v) is 10.1. The molecule has 0 radical (unpaired) electrons. The zero-order chi connectivity index (χ0) is 23.0. The van der Waals surface area contributed by atoms with Crippen LogP contribution in [-0.2, 0) is 21.7 Å². The number of para-hydroxylation sites is 1. The summed E-state index contributed by atoms with van der Waals surface area (Å²) in [5, 5.41) is 27.0. The minimum Gasteiger partial charge on any atom is -0.489 e. The number of hydrogen-bond donors (Lipinski definition) is 3. The maximum absolute atomic E-state index is 11.4. The third kappa shape index (κ3) is 7.25. The summed E-state index contributed by atoms with van der Waals surface area (Å²) in [4.78, 5) is 22.2. The van der Waals surface area contributed by atoms with E-state index in [0.717, 1.165) is 4.47 Å². The second kappa shape index (κ2) is 11.1. The number of hydrogen-bond acceptors (Lipinski definition) is 5. The Morgan fingerprint density at radius 2 is 1.81 bits per heavy atom. The summed E-state index contributed by atoms with van der Waals surface area (Å²) in [7, 11) is 0. The summed E-state index contributed by atoms with van der Waals surface area (Å²) >= 11 is 15.8. The van der Waals surface area contributed by atoms with Crippen LogP contribution in [0.5, 0.6) is 5.75 Å². The number of carboxylic acids is 2. The second-order valence-corrected chi connectivity index (χ2v) is 7.92. The number of rotatable bonds is 6. The molecule has 31 heavy (non-hydrogen) atoms. The number of halogens is 3. The van der Waals surface area contributed by atoms with Gasteiger partial charge in [0.15, 0.2) is 0 Å². The maximum Gasteiger partial charge on any atom is 0.414 e. The van der Waals surface area contributed by atoms with Crippen molar-refractivity contribution in [3.63, 3.8) is 0 Å². The monoisotopic (exact) mass is 530 g/mol. The lowest BCUT2D eigenvalue weighted by Crippen LogP contribution is -2.38. The van der Waals surface area contributed by atoms with Crippen LogP contribution in [0.3, 0.4) is 0 Å². The van der Waals surface area contributed by atoms with Gasteiger partial charge in [0.2, 0.25) is 0 Å². The van der Waals surface area contributed by atoms with Crippen LogP contribution in [0.15, 0.2) is 65.7 Å². The highest BCUT2D eigenvalue weighted by Gasteiger charge is 2.33. The number of ether oxygens (including phenoxy) is 1. The molecule has 0 saturated carbocycles. The maximum atomic E-state index is 11.4. The van der Waals surface area contributed by atoms with E-state index < -0.39 is 17.5 Å². The molecule has 0 saturated heterocycles. The third-order valence-corrected chi connectivity index (χ3v) is 5.12. The van der Waals surface area contributed by atoms with Crippen molar-refractivity contribution in [3.8, 4) is 5.75 Å². The Hall–Kier alpha value is -2.59. The Kier molecular flexibility index (Phi) is 8.88. The molecule has 0 aliphatic rings. The molecule has 1 heterocycles. The van der Waals surface area contributed by atoms with Gasteiger partial charge < -0.3 is 24.6 Å². The molecule has 0 aliphatic carbocycles. The normalized spacial score (nSPS) is 12.3. The SMILES string of the molecule is O=C(O)C(=O)O.OC(COc1ccccc1Br)(Cn1ccnc1)c1ccc(Cl)cc1Cl. The Morgan fingerprint density at radius 3 is 2.35 bits per heavy atom. The van der Waals surface area contributed by atoms with Gasteiger partial charge in [-0.3, -0.25) is 0 Å². The van der Waals surface area contributed by atoms with Crippen molar-refractivity contribution in [2.24, 2.45) is 0 Å². The topological polar surface area (TPSA) is 122 Å². The van der Waals surface area contributed by atoms with Gasteiger partial charge >= 0.3 is 11.9 Å². The molecule has 3 aromatic rings. The van der Waals surface area contributed by atoms with Crippen molar-refractivity contribution in [2.75, 3.05) is 6.61 Å². The Labute approximate surface area is 195 Å². The zero-order valence-corrected chi connectivity index (χ0v) is 18.9. The van der Waals surface area contributed by atoms with E-state index in [0.29, 0.717) is 21.4 Å². The van der Waals surface area contributed by atoms with Crippen LogP contribution in [0.4, 0.5) is 0 Å². The summed E-state index contributed by atoms with van der Waals surface area (Å²) in [5.74, 6) is -3.01. The lowest BCUT2D eigenvalue weighted by Gasteiger charge is -2.30. The quantitative estimate of drug-likeness (QED) is 0.410. The van der Waals surface area contributed by atoms with Crippen LogP contribution >= 0.6 is 39.1 Å². The van der Waals surface area contributed by atoms with Crippen LogP contribution in [-0.4, -0.2) is 43.4 Å². The van der Waals surface area contributed by atoms with Crippen molar-refractivity contribution in [1.82, 2.24) is 9.55 Å². The summed E-state index contributed by atoms with van der Waals surface area (Å²) in [6.07, 6.45) is 5.05. The highest BCUT2D eigenvalue weighted by molar-refractivity contribution is 9.10. The van der Waals surface area contributed by atoms with Gasteiger partial charge in [-0.05, 0) is 40.2 Å². The summed E-state index contributed by atoms with van der Waals surface area (Å²) in [5.41, 5.74) is -0.822. The molecule has 0 spiro atoms. The van der Waals surface area contributed by atoms with Gasteiger partial charge in [0, 0.05) is 28.0 Å². The van der Waals surface area contributed by atoms with Crippen molar-refractivity contribution in [3.05, 3.63) is 81.3 Å². The van der Waals surface area contributed by atoms with Crippen molar-refractivity contribution < 1.29 is 29.6 Å². The van der Waals surface area contributed by atoms with E-state index in [1.165, 1.54) is 0 Å². The molecule has 2 aromatic carbocycles. The highest BCUT2D eigenvalue weighted by Crippen LogP contribution is 2.34. The van der Waals surface area contributed by atoms with E-state index in [1.54, 1.807) is 41.5 Å². The molecular weight excluding hydrogens is 515 g/mol. The number of carboxylic acid groups (broad SMARTS) is 2. The third-order valence-electron chi connectivity index (χ3n) is 3.92. The first-order valence-electron chi connectivity index (χ1n) is 8.59. The number of aromatic nitrogens is 2. The molecule has 3 rings (SSSR count). The summed E-state index contributed by atoms with van der Waals surface area (Å²) in [6.45, 7) is 0.244. The molecule has 164 valence electrons. The smallest absolute Gasteiger partial charge is 0.414 e. The van der Waals surface area contributed by atoms with Crippen LogP contribution in [0.1, 0.15) is 5.56 Å². The highest BCUT2D eigenvalue weighted by atomic mass is 79.9. The largest absolute Gasteiger partial charge is 0.489 e. The average Bonchev–Trinajstić information content (AvgIpc) is 3.20. The predicted molar refractivity (Wildman–Crippen MR) is 117 cm³/mol. The molecule has 1 aromatic heterocycles. The van der Waals surface area contributed by atoms with Crippen LogP contribution in [0.25, 0.3) is 0 Å². The van der Waals surface area contributed by atoms with Gasteiger partial charge in [0.05, 0.1) is 17.3 Å². The van der Waals surface area contributed by atoms with Gasteiger partial charge in [0.25, 0.3) is 0 Å². The average molecular weight is 532 g/mol. The van der Waals surface area contributed by atoms with Gasteiger partial charge in [0.1, 0.15) is 18.0 Å². The molecule has 11 heteroatoms. The predicted octanol–water partition coefficient (Wildman–Crippen LogP) is 4.07. The molecular formula is C20H17BrCl2N2O6. The van der Waals surface area contributed by atoms with Crippen LogP contribution in [0, 0.1) is 0 Å². The molecule has 8 nitrogen and oxygen atoms in total. The van der Waals surface area contributed by atoms with E-state index in [2.05, 4.69) is 20.9 Å². The standard InChI is InChI=1S/C18H15BrCl2N2O2.C2H2O4/c19-15-3-1-2-4-17(15)25-11-18(24,10-23-8-7-22-12-23)14-6-5-13(20)9-16(14)21;3-1(4)2(5)6/h1-9,12,24H,10-11H2;(H,3,4)(H,5,6). The number of carbonyl (C=O) groups is 2. The Morgan fingerprint density at radius 1 is 1.13 bits per heavy atom. The molecule has 0 fully saturated rings.